The van der Waals surface area contributed by atoms with Crippen LogP contribution in [-0.2, 0) is 0 Å². The molecular weight excluding hydrogens is 234 g/mol. The summed E-state index contributed by atoms with van der Waals surface area (Å²) >= 11 is 0. The Bertz CT molecular complexity index is 367. The fourth-order valence-electron chi connectivity index (χ4n) is 3.20. The first-order valence-electron chi connectivity index (χ1n) is 7.64. The molecule has 1 saturated carbocycles. The first kappa shape index (κ1) is 14.4. The van der Waals surface area contributed by atoms with Gasteiger partial charge in [0.2, 0.25) is 0 Å². The molecule has 0 radical (unpaired) electrons. The Balaban J connectivity index is 1.97. The summed E-state index contributed by atoms with van der Waals surface area (Å²) in [6, 6.07) is 9.55. The van der Waals surface area contributed by atoms with Gasteiger partial charge in [-0.05, 0) is 49.8 Å². The van der Waals surface area contributed by atoms with Crippen LogP contribution in [0.25, 0.3) is 0 Å². The molecule has 0 aromatic heterocycles. The van der Waals surface area contributed by atoms with E-state index in [2.05, 4.69) is 43.4 Å². The maximum atomic E-state index is 5.22. The second-order valence-corrected chi connectivity index (χ2v) is 5.73. The molecule has 2 atom stereocenters. The van der Waals surface area contributed by atoms with Gasteiger partial charge in [-0.15, -0.1) is 0 Å². The van der Waals surface area contributed by atoms with E-state index in [1.807, 2.05) is 0 Å². The van der Waals surface area contributed by atoms with Gasteiger partial charge in [-0.3, -0.25) is 0 Å². The van der Waals surface area contributed by atoms with Crippen LogP contribution in [0.4, 0.5) is 0 Å². The summed E-state index contributed by atoms with van der Waals surface area (Å²) in [5.74, 6) is 1.80. The van der Waals surface area contributed by atoms with Gasteiger partial charge >= 0.3 is 0 Å². The van der Waals surface area contributed by atoms with Crippen LogP contribution in [0.15, 0.2) is 24.3 Å². The second-order valence-electron chi connectivity index (χ2n) is 5.73. The number of hydrogen-bond donors (Lipinski definition) is 1. The van der Waals surface area contributed by atoms with Gasteiger partial charge in [0.1, 0.15) is 5.75 Å². The summed E-state index contributed by atoms with van der Waals surface area (Å²) in [4.78, 5) is 0. The molecule has 2 nitrogen and oxygen atoms in total. The lowest BCUT2D eigenvalue weighted by molar-refractivity contribution is 0.338. The van der Waals surface area contributed by atoms with Crippen LogP contribution in [0.1, 0.15) is 57.6 Å². The Morgan fingerprint density at radius 1 is 1.21 bits per heavy atom. The van der Waals surface area contributed by atoms with Gasteiger partial charge in [0.15, 0.2) is 0 Å². The lowest BCUT2D eigenvalue weighted by atomic mass is 9.96. The molecule has 106 valence electrons. The lowest BCUT2D eigenvalue weighted by Gasteiger charge is -2.27. The zero-order valence-electron chi connectivity index (χ0n) is 12.5. The number of rotatable bonds is 6. The highest BCUT2D eigenvalue weighted by atomic mass is 16.5. The molecule has 1 aliphatic carbocycles. The van der Waals surface area contributed by atoms with Crippen LogP contribution >= 0.6 is 0 Å². The van der Waals surface area contributed by atoms with Crippen molar-refractivity contribution in [1.82, 2.24) is 5.32 Å². The summed E-state index contributed by atoms with van der Waals surface area (Å²) < 4.78 is 5.22. The molecule has 0 saturated heterocycles. The van der Waals surface area contributed by atoms with E-state index < -0.39 is 0 Å². The molecule has 2 heteroatoms. The maximum Gasteiger partial charge on any atom is 0.118 e. The predicted molar refractivity (Wildman–Crippen MR) is 80.6 cm³/mol. The van der Waals surface area contributed by atoms with E-state index in [-0.39, 0.29) is 0 Å². The summed E-state index contributed by atoms with van der Waals surface area (Å²) in [6.45, 7) is 4.60. The first-order chi connectivity index (χ1) is 9.24. The van der Waals surface area contributed by atoms with Crippen molar-refractivity contribution >= 4 is 0 Å². The minimum atomic E-state index is 0.460. The average molecular weight is 261 g/mol. The van der Waals surface area contributed by atoms with E-state index in [0.29, 0.717) is 12.1 Å². The van der Waals surface area contributed by atoms with Crippen LogP contribution in [0, 0.1) is 5.92 Å². The molecule has 0 bridgehead atoms. The molecule has 0 heterocycles. The number of nitrogens with one attached hydrogen (secondary N) is 1. The minimum absolute atomic E-state index is 0.460. The van der Waals surface area contributed by atoms with E-state index in [4.69, 9.17) is 4.74 Å². The number of ether oxygens (including phenoxy) is 1. The molecule has 0 aliphatic heterocycles. The smallest absolute Gasteiger partial charge is 0.118 e. The highest BCUT2D eigenvalue weighted by molar-refractivity contribution is 5.29. The summed E-state index contributed by atoms with van der Waals surface area (Å²) in [7, 11) is 1.72. The van der Waals surface area contributed by atoms with E-state index >= 15 is 0 Å². The number of methoxy groups -OCH3 is 1. The minimum Gasteiger partial charge on any atom is -0.497 e. The van der Waals surface area contributed by atoms with Gasteiger partial charge < -0.3 is 10.1 Å². The van der Waals surface area contributed by atoms with Crippen molar-refractivity contribution in [3.8, 4) is 5.75 Å². The van der Waals surface area contributed by atoms with Gasteiger partial charge in [0.05, 0.1) is 7.11 Å². The Kier molecular flexibility index (Phi) is 5.26. The topological polar surface area (TPSA) is 21.3 Å². The highest BCUT2D eigenvalue weighted by Crippen LogP contribution is 2.29. The SMILES string of the molecule is CCC(N[C@@H](C)C1CCCC1)c1ccc(OC)cc1. The maximum absolute atomic E-state index is 5.22. The Labute approximate surface area is 117 Å². The largest absolute Gasteiger partial charge is 0.497 e. The summed E-state index contributed by atoms with van der Waals surface area (Å²) in [6.07, 6.45) is 6.75. The Hall–Kier alpha value is -1.02. The van der Waals surface area contributed by atoms with E-state index in [0.717, 1.165) is 18.1 Å². The van der Waals surface area contributed by atoms with Crippen LogP contribution in [0.2, 0.25) is 0 Å². The van der Waals surface area contributed by atoms with Crippen LogP contribution in [-0.4, -0.2) is 13.2 Å². The number of hydrogen-bond acceptors (Lipinski definition) is 2. The van der Waals surface area contributed by atoms with Crippen molar-refractivity contribution in [3.05, 3.63) is 29.8 Å². The molecule has 0 spiro atoms. The van der Waals surface area contributed by atoms with Crippen molar-refractivity contribution in [2.24, 2.45) is 5.92 Å². The second kappa shape index (κ2) is 6.95. The Morgan fingerprint density at radius 2 is 1.84 bits per heavy atom. The molecule has 0 amide bonds. The van der Waals surface area contributed by atoms with Gasteiger partial charge in [0, 0.05) is 12.1 Å². The third-order valence-electron chi connectivity index (χ3n) is 4.50. The van der Waals surface area contributed by atoms with Gasteiger partial charge in [-0.25, -0.2) is 0 Å². The van der Waals surface area contributed by atoms with Crippen LogP contribution < -0.4 is 10.1 Å². The van der Waals surface area contributed by atoms with E-state index in [1.54, 1.807) is 7.11 Å². The van der Waals surface area contributed by atoms with E-state index in [9.17, 15) is 0 Å². The van der Waals surface area contributed by atoms with Crippen molar-refractivity contribution < 1.29 is 4.74 Å². The van der Waals surface area contributed by atoms with Crippen molar-refractivity contribution in [2.75, 3.05) is 7.11 Å². The van der Waals surface area contributed by atoms with Crippen molar-refractivity contribution in [3.63, 3.8) is 0 Å². The third-order valence-corrected chi connectivity index (χ3v) is 4.50. The molecule has 1 aromatic carbocycles. The molecule has 19 heavy (non-hydrogen) atoms. The monoisotopic (exact) mass is 261 g/mol. The van der Waals surface area contributed by atoms with Gasteiger partial charge in [-0.2, -0.15) is 0 Å². The quantitative estimate of drug-likeness (QED) is 0.823. The average Bonchev–Trinajstić information content (AvgIpc) is 2.99. The van der Waals surface area contributed by atoms with Crippen LogP contribution in [0.5, 0.6) is 5.75 Å². The molecule has 1 fully saturated rings. The molecule has 1 unspecified atom stereocenters. The summed E-state index contributed by atoms with van der Waals surface area (Å²) in [5.41, 5.74) is 1.37. The molecule has 1 aliphatic rings. The third kappa shape index (κ3) is 3.73. The lowest BCUT2D eigenvalue weighted by Crippen LogP contribution is -2.35. The number of benzene rings is 1. The van der Waals surface area contributed by atoms with Crippen LogP contribution in [0.3, 0.4) is 0 Å². The van der Waals surface area contributed by atoms with Gasteiger partial charge in [-0.1, -0.05) is 31.9 Å². The normalized spacial score (nSPS) is 19.3. The fourth-order valence-corrected chi connectivity index (χ4v) is 3.20. The van der Waals surface area contributed by atoms with E-state index in [1.165, 1.54) is 31.2 Å². The molecule has 1 aromatic rings. The zero-order chi connectivity index (χ0) is 13.7. The standard InChI is InChI=1S/C17H27NO/c1-4-17(15-9-11-16(19-3)12-10-15)18-13(2)14-7-5-6-8-14/h9-14,17-18H,4-8H2,1-3H3/t13-,17?/m0/s1. The fraction of sp³-hybridized carbons (Fsp3) is 0.647. The Morgan fingerprint density at radius 3 is 2.37 bits per heavy atom. The zero-order valence-corrected chi connectivity index (χ0v) is 12.5. The van der Waals surface area contributed by atoms with Crippen molar-refractivity contribution in [1.29, 1.82) is 0 Å². The highest BCUT2D eigenvalue weighted by Gasteiger charge is 2.23. The first-order valence-corrected chi connectivity index (χ1v) is 7.64. The molecular formula is C17H27NO. The molecule has 1 N–H and O–H groups in total. The van der Waals surface area contributed by atoms with Crippen molar-refractivity contribution in [2.45, 2.75) is 58.0 Å². The molecule has 2 rings (SSSR count). The summed E-state index contributed by atoms with van der Waals surface area (Å²) in [5, 5.41) is 3.82. The van der Waals surface area contributed by atoms with Gasteiger partial charge in [0.25, 0.3) is 0 Å². The predicted octanol–water partition coefficient (Wildman–Crippen LogP) is 4.31.